The van der Waals surface area contributed by atoms with Crippen molar-refractivity contribution < 1.29 is 20.1 Å². The Labute approximate surface area is 112 Å². The molecule has 6 N–H and O–H groups in total. The van der Waals surface area contributed by atoms with Crippen molar-refractivity contribution in [1.82, 2.24) is 19.5 Å². The third-order valence-corrected chi connectivity index (χ3v) is 3.29. The van der Waals surface area contributed by atoms with Crippen molar-refractivity contribution in [1.29, 1.82) is 0 Å². The van der Waals surface area contributed by atoms with Gasteiger partial charge in [-0.2, -0.15) is 0 Å². The highest BCUT2D eigenvalue weighted by molar-refractivity contribution is 5.82. The van der Waals surface area contributed by atoms with Gasteiger partial charge in [0.15, 0.2) is 23.2 Å². The van der Waals surface area contributed by atoms with Crippen LogP contribution in [0, 0.1) is 0 Å². The Morgan fingerprint density at radius 3 is 2.75 bits per heavy atom. The van der Waals surface area contributed by atoms with E-state index < -0.39 is 31.1 Å². The van der Waals surface area contributed by atoms with Crippen LogP contribution in [0.4, 0.5) is 5.82 Å². The van der Waals surface area contributed by atoms with E-state index in [4.69, 9.17) is 15.7 Å². The van der Waals surface area contributed by atoms with E-state index >= 15 is 0 Å². The third-order valence-electron chi connectivity index (χ3n) is 3.29. The molecule has 0 radical (unpaired) electrons. The molecule has 4 atom stereocenters. The lowest BCUT2D eigenvalue weighted by molar-refractivity contribution is -0.0511. The van der Waals surface area contributed by atoms with Crippen LogP contribution in [0.2, 0.25) is 0 Å². The molecule has 0 saturated carbocycles. The number of aliphatic hydroxyl groups is 3. The molecule has 1 unspecified atom stereocenters. The van der Waals surface area contributed by atoms with Crippen LogP contribution >= 0.6 is 0 Å². The Bertz CT molecular complexity index is 619. The van der Waals surface area contributed by atoms with Crippen molar-refractivity contribution in [3.8, 4) is 0 Å². The van der Waals surface area contributed by atoms with Gasteiger partial charge in [0.2, 0.25) is 0 Å². The Balaban J connectivity index is 2.03. The number of hydrogen-bond donors (Lipinski definition) is 5. The molecule has 0 spiro atoms. The molecule has 1 aliphatic heterocycles. The highest BCUT2D eigenvalue weighted by Gasteiger charge is 2.43. The van der Waals surface area contributed by atoms with Crippen molar-refractivity contribution in [2.75, 3.05) is 12.0 Å². The van der Waals surface area contributed by atoms with Gasteiger partial charge in [0.25, 0.3) is 0 Å². The number of nitrogen functional groups attached to an aromatic ring is 1. The predicted octanol–water partition coefficient (Wildman–Crippen LogP) is -2.28. The van der Waals surface area contributed by atoms with Crippen LogP contribution < -0.4 is 11.3 Å². The van der Waals surface area contributed by atoms with E-state index in [2.05, 4.69) is 20.4 Å². The molecule has 108 valence electrons. The van der Waals surface area contributed by atoms with Gasteiger partial charge in [0, 0.05) is 0 Å². The van der Waals surface area contributed by atoms with Crippen LogP contribution in [0.5, 0.6) is 0 Å². The fraction of sp³-hybridized carbons (Fsp3) is 0.500. The summed E-state index contributed by atoms with van der Waals surface area (Å²) in [5.41, 5.74) is 3.20. The second-order valence-electron chi connectivity index (χ2n) is 4.42. The smallest absolute Gasteiger partial charge is 0.171 e. The molecule has 10 nitrogen and oxygen atoms in total. The lowest BCUT2D eigenvalue weighted by atomic mass is 10.1. The minimum Gasteiger partial charge on any atom is -0.394 e. The molecular formula is C10H14N6O4. The zero-order chi connectivity index (χ0) is 14.3. The average molecular weight is 282 g/mol. The Morgan fingerprint density at radius 1 is 1.30 bits per heavy atom. The van der Waals surface area contributed by atoms with Gasteiger partial charge in [-0.05, 0) is 0 Å². The number of ether oxygens (including phenoxy) is 1. The van der Waals surface area contributed by atoms with Crippen LogP contribution in [0.15, 0.2) is 12.7 Å². The SMILES string of the molecule is NNc1ncnc2c1ncn2[C@@H]1O[C@H](CO)[C@H](O)C1O. The van der Waals surface area contributed by atoms with Gasteiger partial charge < -0.3 is 25.5 Å². The molecule has 2 aromatic rings. The first kappa shape index (κ1) is 13.1. The van der Waals surface area contributed by atoms with Gasteiger partial charge in [0.05, 0.1) is 12.9 Å². The number of hydrogen-bond acceptors (Lipinski definition) is 9. The summed E-state index contributed by atoms with van der Waals surface area (Å²) in [6, 6.07) is 0. The summed E-state index contributed by atoms with van der Waals surface area (Å²) < 4.78 is 6.88. The molecular weight excluding hydrogens is 268 g/mol. The molecule has 3 rings (SSSR count). The summed E-state index contributed by atoms with van der Waals surface area (Å²) in [6.45, 7) is -0.397. The van der Waals surface area contributed by atoms with Crippen molar-refractivity contribution >= 4 is 17.0 Å². The lowest BCUT2D eigenvalue weighted by Crippen LogP contribution is -2.33. The molecule has 0 aliphatic carbocycles. The van der Waals surface area contributed by atoms with Crippen LogP contribution in [-0.2, 0) is 4.74 Å². The van der Waals surface area contributed by atoms with Gasteiger partial charge in [-0.15, -0.1) is 0 Å². The highest BCUT2D eigenvalue weighted by atomic mass is 16.6. The molecule has 10 heteroatoms. The number of nitrogens with two attached hydrogens (primary N) is 1. The summed E-state index contributed by atoms with van der Waals surface area (Å²) in [7, 11) is 0. The van der Waals surface area contributed by atoms with Crippen molar-refractivity contribution in [2.24, 2.45) is 5.84 Å². The summed E-state index contributed by atoms with van der Waals surface area (Å²) in [4.78, 5) is 12.1. The Kier molecular flexibility index (Phi) is 3.23. The summed E-state index contributed by atoms with van der Waals surface area (Å²) in [5, 5.41) is 28.9. The standard InChI is InChI=1S/C10H14N6O4/c11-15-8-5-9(13-2-12-8)16(3-14-5)10-7(19)6(18)4(1-17)20-10/h2-4,6-7,10,17-19H,1,11H2,(H,12,13,15)/t4-,6+,7?,10-/m1/s1. The topological polar surface area (TPSA) is 152 Å². The van der Waals surface area contributed by atoms with Crippen LogP contribution in [0.1, 0.15) is 6.23 Å². The minimum atomic E-state index is -1.20. The van der Waals surface area contributed by atoms with E-state index in [1.165, 1.54) is 17.2 Å². The van der Waals surface area contributed by atoms with Gasteiger partial charge in [-0.3, -0.25) is 4.57 Å². The van der Waals surface area contributed by atoms with Gasteiger partial charge in [-0.1, -0.05) is 0 Å². The number of anilines is 1. The molecule has 2 aromatic heterocycles. The van der Waals surface area contributed by atoms with Crippen molar-refractivity contribution in [3.63, 3.8) is 0 Å². The second-order valence-corrected chi connectivity index (χ2v) is 4.42. The Morgan fingerprint density at radius 2 is 2.10 bits per heavy atom. The zero-order valence-corrected chi connectivity index (χ0v) is 10.3. The van der Waals surface area contributed by atoms with E-state index in [1.54, 1.807) is 0 Å². The average Bonchev–Trinajstić information content (AvgIpc) is 3.01. The third kappa shape index (κ3) is 1.82. The molecule has 0 bridgehead atoms. The fourth-order valence-electron chi connectivity index (χ4n) is 2.25. The number of aliphatic hydroxyl groups excluding tert-OH is 3. The van der Waals surface area contributed by atoms with E-state index in [9.17, 15) is 10.2 Å². The molecule has 3 heterocycles. The van der Waals surface area contributed by atoms with Gasteiger partial charge >= 0.3 is 0 Å². The van der Waals surface area contributed by atoms with Crippen LogP contribution in [0.3, 0.4) is 0 Å². The van der Waals surface area contributed by atoms with Crippen LogP contribution in [-0.4, -0.2) is 59.8 Å². The monoisotopic (exact) mass is 282 g/mol. The normalized spacial score (nSPS) is 30.0. The number of aromatic nitrogens is 4. The number of imidazole rings is 1. The van der Waals surface area contributed by atoms with Gasteiger partial charge in [-0.25, -0.2) is 20.8 Å². The molecule has 0 aromatic carbocycles. The van der Waals surface area contributed by atoms with Crippen molar-refractivity contribution in [2.45, 2.75) is 24.5 Å². The highest BCUT2D eigenvalue weighted by Crippen LogP contribution is 2.31. The van der Waals surface area contributed by atoms with E-state index in [1.807, 2.05) is 0 Å². The first-order valence-electron chi connectivity index (χ1n) is 5.94. The fourth-order valence-corrected chi connectivity index (χ4v) is 2.25. The zero-order valence-electron chi connectivity index (χ0n) is 10.3. The van der Waals surface area contributed by atoms with Crippen LogP contribution in [0.25, 0.3) is 11.2 Å². The largest absolute Gasteiger partial charge is 0.394 e. The summed E-state index contributed by atoms with van der Waals surface area (Å²) in [6.07, 6.45) is -1.45. The van der Waals surface area contributed by atoms with Crippen molar-refractivity contribution in [3.05, 3.63) is 12.7 Å². The second kappa shape index (κ2) is 4.92. The number of hydrazine groups is 1. The first-order chi connectivity index (χ1) is 9.67. The van der Waals surface area contributed by atoms with E-state index in [0.29, 0.717) is 17.0 Å². The molecule has 1 fully saturated rings. The maximum atomic E-state index is 10.00. The summed E-state index contributed by atoms with van der Waals surface area (Å²) >= 11 is 0. The summed E-state index contributed by atoms with van der Waals surface area (Å²) in [5.74, 6) is 5.66. The first-order valence-corrected chi connectivity index (χ1v) is 5.94. The van der Waals surface area contributed by atoms with E-state index in [-0.39, 0.29) is 0 Å². The number of nitrogens with one attached hydrogen (secondary N) is 1. The lowest BCUT2D eigenvalue weighted by Gasteiger charge is -2.16. The number of nitrogens with zero attached hydrogens (tertiary/aromatic N) is 4. The molecule has 0 amide bonds. The van der Waals surface area contributed by atoms with E-state index in [0.717, 1.165) is 0 Å². The minimum absolute atomic E-state index is 0.334. The molecule has 1 aliphatic rings. The molecule has 1 saturated heterocycles. The van der Waals surface area contributed by atoms with Gasteiger partial charge in [0.1, 0.15) is 24.6 Å². The maximum Gasteiger partial charge on any atom is 0.171 e. The Hall–Kier alpha value is -1.85. The number of rotatable bonds is 3. The molecule has 20 heavy (non-hydrogen) atoms. The maximum absolute atomic E-state index is 10.00. The number of fused-ring (bicyclic) bond motifs is 1. The quantitative estimate of drug-likeness (QED) is 0.310. The predicted molar refractivity (Wildman–Crippen MR) is 66.1 cm³/mol.